The zero-order valence-corrected chi connectivity index (χ0v) is 7.56. The van der Waals surface area contributed by atoms with Crippen LogP contribution in [0.3, 0.4) is 0 Å². The lowest BCUT2D eigenvalue weighted by molar-refractivity contribution is -0.117. The molecule has 1 aromatic rings. The zero-order chi connectivity index (χ0) is 9.84. The third kappa shape index (κ3) is 2.75. The molecule has 2 amide bonds. The molecule has 0 aliphatic rings. The molecular weight excluding hydrogens is 190 g/mol. The highest BCUT2D eigenvalue weighted by atomic mass is 32.1. The standard InChI is InChI=1S/C7H9N3O2S/c8-5(11)3-10-7(12)4-1-2-6(9)13-4/h1-2H,3,9H2,(H2,8,11)(H,10,12). The van der Waals surface area contributed by atoms with Crippen molar-refractivity contribution in [3.05, 3.63) is 17.0 Å². The van der Waals surface area contributed by atoms with Crippen LogP contribution in [-0.2, 0) is 4.79 Å². The fraction of sp³-hybridized carbons (Fsp3) is 0.143. The lowest BCUT2D eigenvalue weighted by Gasteiger charge is -1.98. The van der Waals surface area contributed by atoms with Gasteiger partial charge in [0.1, 0.15) is 0 Å². The summed E-state index contributed by atoms with van der Waals surface area (Å²) in [4.78, 5) is 22.0. The number of carbonyl (C=O) groups excluding carboxylic acids is 2. The molecule has 1 rings (SSSR count). The second-order valence-electron chi connectivity index (χ2n) is 2.35. The van der Waals surface area contributed by atoms with E-state index in [1.165, 1.54) is 0 Å². The molecule has 0 spiro atoms. The Bertz CT molecular complexity index is 334. The number of hydrogen-bond acceptors (Lipinski definition) is 4. The van der Waals surface area contributed by atoms with Crippen molar-refractivity contribution in [2.45, 2.75) is 0 Å². The van der Waals surface area contributed by atoms with Gasteiger partial charge in [-0.2, -0.15) is 0 Å². The molecule has 0 saturated heterocycles. The van der Waals surface area contributed by atoms with E-state index in [9.17, 15) is 9.59 Å². The van der Waals surface area contributed by atoms with Gasteiger partial charge in [-0.15, -0.1) is 11.3 Å². The van der Waals surface area contributed by atoms with Crippen molar-refractivity contribution < 1.29 is 9.59 Å². The SMILES string of the molecule is NC(=O)CNC(=O)c1ccc(N)s1. The number of anilines is 1. The molecule has 5 N–H and O–H groups in total. The summed E-state index contributed by atoms with van der Waals surface area (Å²) >= 11 is 1.16. The zero-order valence-electron chi connectivity index (χ0n) is 6.74. The first-order chi connectivity index (χ1) is 6.09. The van der Waals surface area contributed by atoms with Crippen LogP contribution in [0, 0.1) is 0 Å². The second kappa shape index (κ2) is 3.90. The van der Waals surface area contributed by atoms with E-state index in [2.05, 4.69) is 5.32 Å². The monoisotopic (exact) mass is 199 g/mol. The number of rotatable bonds is 3. The van der Waals surface area contributed by atoms with Gasteiger partial charge in [-0.3, -0.25) is 9.59 Å². The van der Waals surface area contributed by atoms with Crippen LogP contribution in [0.25, 0.3) is 0 Å². The molecule has 5 nitrogen and oxygen atoms in total. The summed E-state index contributed by atoms with van der Waals surface area (Å²) in [5, 5.41) is 2.91. The van der Waals surface area contributed by atoms with Crippen LogP contribution in [0.5, 0.6) is 0 Å². The Morgan fingerprint density at radius 1 is 1.46 bits per heavy atom. The van der Waals surface area contributed by atoms with Gasteiger partial charge in [0.05, 0.1) is 16.4 Å². The largest absolute Gasteiger partial charge is 0.391 e. The number of hydrogen-bond donors (Lipinski definition) is 3. The first kappa shape index (κ1) is 9.53. The molecule has 0 aliphatic heterocycles. The molecule has 1 heterocycles. The van der Waals surface area contributed by atoms with Crippen LogP contribution >= 0.6 is 11.3 Å². The highest BCUT2D eigenvalue weighted by Gasteiger charge is 2.07. The van der Waals surface area contributed by atoms with Gasteiger partial charge in [0, 0.05) is 0 Å². The minimum Gasteiger partial charge on any atom is -0.391 e. The van der Waals surface area contributed by atoms with E-state index in [4.69, 9.17) is 11.5 Å². The minimum atomic E-state index is -0.571. The number of primary amides is 1. The van der Waals surface area contributed by atoms with E-state index in [0.717, 1.165) is 11.3 Å². The predicted molar refractivity (Wildman–Crippen MR) is 50.3 cm³/mol. The topological polar surface area (TPSA) is 98.2 Å². The lowest BCUT2D eigenvalue weighted by atomic mass is 10.4. The fourth-order valence-electron chi connectivity index (χ4n) is 0.729. The molecule has 1 aromatic heterocycles. The molecule has 0 saturated carbocycles. The molecule has 13 heavy (non-hydrogen) atoms. The highest BCUT2D eigenvalue weighted by Crippen LogP contribution is 2.17. The Morgan fingerprint density at radius 3 is 2.62 bits per heavy atom. The van der Waals surface area contributed by atoms with Gasteiger partial charge in [-0.05, 0) is 12.1 Å². The van der Waals surface area contributed by atoms with Crippen LogP contribution in [0.1, 0.15) is 9.67 Å². The Hall–Kier alpha value is -1.56. The maximum atomic E-state index is 11.2. The van der Waals surface area contributed by atoms with Crippen LogP contribution in [0.2, 0.25) is 0 Å². The molecule has 0 bridgehead atoms. The van der Waals surface area contributed by atoms with Crippen molar-refractivity contribution in [3.63, 3.8) is 0 Å². The van der Waals surface area contributed by atoms with Gasteiger partial charge in [0.25, 0.3) is 5.91 Å². The highest BCUT2D eigenvalue weighted by molar-refractivity contribution is 7.17. The smallest absolute Gasteiger partial charge is 0.261 e. The van der Waals surface area contributed by atoms with E-state index in [1.807, 2.05) is 0 Å². The molecule has 0 atom stereocenters. The summed E-state index contributed by atoms with van der Waals surface area (Å²) in [5.41, 5.74) is 10.3. The summed E-state index contributed by atoms with van der Waals surface area (Å²) in [5.74, 6) is -0.904. The maximum absolute atomic E-state index is 11.2. The molecule has 0 fully saturated rings. The number of nitrogens with two attached hydrogens (primary N) is 2. The average molecular weight is 199 g/mol. The Labute approximate surface area is 78.7 Å². The molecule has 0 aromatic carbocycles. The van der Waals surface area contributed by atoms with Crippen molar-refractivity contribution in [3.8, 4) is 0 Å². The van der Waals surface area contributed by atoms with Crippen LogP contribution in [0.4, 0.5) is 5.00 Å². The minimum absolute atomic E-state index is 0.156. The van der Waals surface area contributed by atoms with E-state index >= 15 is 0 Å². The summed E-state index contributed by atoms with van der Waals surface area (Å²) in [6.45, 7) is -0.156. The van der Waals surface area contributed by atoms with Gasteiger partial charge in [0.2, 0.25) is 5.91 Å². The van der Waals surface area contributed by atoms with Gasteiger partial charge in [-0.1, -0.05) is 0 Å². The normalized spacial score (nSPS) is 9.54. The molecular formula is C7H9N3O2S. The maximum Gasteiger partial charge on any atom is 0.261 e. The molecule has 0 unspecified atom stereocenters. The van der Waals surface area contributed by atoms with Crippen molar-refractivity contribution in [2.75, 3.05) is 12.3 Å². The number of nitrogens with one attached hydrogen (secondary N) is 1. The Morgan fingerprint density at radius 2 is 2.15 bits per heavy atom. The van der Waals surface area contributed by atoms with E-state index in [-0.39, 0.29) is 12.5 Å². The van der Waals surface area contributed by atoms with Crippen LogP contribution < -0.4 is 16.8 Å². The number of amides is 2. The van der Waals surface area contributed by atoms with Gasteiger partial charge in [0.15, 0.2) is 0 Å². The van der Waals surface area contributed by atoms with E-state index < -0.39 is 5.91 Å². The summed E-state index contributed by atoms with van der Waals surface area (Å²) in [6.07, 6.45) is 0. The number of thiophene rings is 1. The summed E-state index contributed by atoms with van der Waals surface area (Å²) in [6, 6.07) is 3.22. The second-order valence-corrected chi connectivity index (χ2v) is 3.47. The molecule has 0 aliphatic carbocycles. The molecule has 6 heteroatoms. The van der Waals surface area contributed by atoms with Crippen molar-refractivity contribution in [1.29, 1.82) is 0 Å². The predicted octanol–water partition coefficient (Wildman–Crippen LogP) is -0.455. The van der Waals surface area contributed by atoms with E-state index in [0.29, 0.717) is 9.88 Å². The van der Waals surface area contributed by atoms with Crippen molar-refractivity contribution in [2.24, 2.45) is 5.73 Å². The Balaban J connectivity index is 2.54. The Kier molecular flexibility index (Phi) is 2.86. The summed E-state index contributed by atoms with van der Waals surface area (Å²) < 4.78 is 0. The number of carbonyl (C=O) groups is 2. The first-order valence-electron chi connectivity index (χ1n) is 3.51. The van der Waals surface area contributed by atoms with E-state index in [1.54, 1.807) is 12.1 Å². The number of nitrogen functional groups attached to an aromatic ring is 1. The third-order valence-corrected chi connectivity index (χ3v) is 2.19. The van der Waals surface area contributed by atoms with Crippen LogP contribution in [-0.4, -0.2) is 18.4 Å². The van der Waals surface area contributed by atoms with Crippen LogP contribution in [0.15, 0.2) is 12.1 Å². The van der Waals surface area contributed by atoms with Gasteiger partial charge in [-0.25, -0.2) is 0 Å². The lowest BCUT2D eigenvalue weighted by Crippen LogP contribution is -2.32. The fourth-order valence-corrected chi connectivity index (χ4v) is 1.42. The van der Waals surface area contributed by atoms with Gasteiger partial charge >= 0.3 is 0 Å². The van der Waals surface area contributed by atoms with Crippen molar-refractivity contribution in [1.82, 2.24) is 5.32 Å². The third-order valence-electron chi connectivity index (χ3n) is 1.27. The summed E-state index contributed by atoms with van der Waals surface area (Å²) in [7, 11) is 0. The average Bonchev–Trinajstić information content (AvgIpc) is 2.47. The van der Waals surface area contributed by atoms with Crippen molar-refractivity contribution >= 4 is 28.2 Å². The van der Waals surface area contributed by atoms with Gasteiger partial charge < -0.3 is 16.8 Å². The quantitative estimate of drug-likeness (QED) is 0.614. The molecule has 0 radical (unpaired) electrons. The molecule has 70 valence electrons. The first-order valence-corrected chi connectivity index (χ1v) is 4.33.